The van der Waals surface area contributed by atoms with E-state index in [1.807, 2.05) is 50.2 Å². The van der Waals surface area contributed by atoms with E-state index in [-0.39, 0.29) is 4.90 Å². The molecule has 0 spiro atoms. The van der Waals surface area contributed by atoms with Gasteiger partial charge in [-0.15, -0.1) is 0 Å². The third-order valence-electron chi connectivity index (χ3n) is 6.30. The van der Waals surface area contributed by atoms with Gasteiger partial charge in [0.2, 0.25) is 0 Å². The molecule has 0 atom stereocenters. The van der Waals surface area contributed by atoms with Crippen molar-refractivity contribution in [2.45, 2.75) is 25.3 Å². The lowest BCUT2D eigenvalue weighted by atomic mass is 10.1. The molecule has 0 saturated carbocycles. The number of carbonyl (C=O) groups excluding carboxylic acids is 1. The van der Waals surface area contributed by atoms with E-state index >= 15 is 0 Å². The molecule has 0 fully saturated rings. The van der Waals surface area contributed by atoms with E-state index in [9.17, 15) is 13.2 Å². The number of anilines is 1. The van der Waals surface area contributed by atoms with Gasteiger partial charge in [-0.1, -0.05) is 48.0 Å². The smallest absolute Gasteiger partial charge is 0.264 e. The molecular formula is C31H30ClN3O5S. The van der Waals surface area contributed by atoms with Crippen molar-refractivity contribution in [1.82, 2.24) is 5.43 Å². The van der Waals surface area contributed by atoms with E-state index in [0.717, 1.165) is 21.0 Å². The highest BCUT2D eigenvalue weighted by Crippen LogP contribution is 2.29. The van der Waals surface area contributed by atoms with Crippen LogP contribution in [0.3, 0.4) is 0 Å². The molecule has 1 amide bonds. The predicted molar refractivity (Wildman–Crippen MR) is 161 cm³/mol. The van der Waals surface area contributed by atoms with Gasteiger partial charge in [0, 0.05) is 5.02 Å². The second-order valence-corrected chi connectivity index (χ2v) is 11.5. The summed E-state index contributed by atoms with van der Waals surface area (Å²) in [4.78, 5) is 12.9. The average molecular weight is 592 g/mol. The molecular weight excluding hydrogens is 562 g/mol. The first-order valence-corrected chi connectivity index (χ1v) is 14.5. The van der Waals surface area contributed by atoms with Crippen LogP contribution in [0.15, 0.2) is 101 Å². The van der Waals surface area contributed by atoms with Gasteiger partial charge in [0.1, 0.15) is 13.2 Å². The zero-order valence-corrected chi connectivity index (χ0v) is 24.4. The molecule has 1 N–H and O–H groups in total. The monoisotopic (exact) mass is 591 g/mol. The highest BCUT2D eigenvalue weighted by Gasteiger charge is 2.27. The highest BCUT2D eigenvalue weighted by molar-refractivity contribution is 7.92. The minimum absolute atomic E-state index is 0.0121. The maximum Gasteiger partial charge on any atom is 0.264 e. The minimum Gasteiger partial charge on any atom is -0.493 e. The second-order valence-electron chi connectivity index (χ2n) is 9.21. The molecule has 0 aliphatic carbocycles. The Hall–Kier alpha value is -4.34. The maximum atomic E-state index is 13.6. The first-order valence-electron chi connectivity index (χ1n) is 12.7. The fraction of sp³-hybridized carbons (Fsp3) is 0.161. The number of ether oxygens (including phenoxy) is 2. The number of rotatable bonds is 11. The van der Waals surface area contributed by atoms with Crippen LogP contribution in [-0.2, 0) is 21.4 Å². The molecule has 41 heavy (non-hydrogen) atoms. The van der Waals surface area contributed by atoms with Crippen LogP contribution in [0.5, 0.6) is 11.5 Å². The number of hydrogen-bond acceptors (Lipinski definition) is 6. The van der Waals surface area contributed by atoms with Crippen molar-refractivity contribution < 1.29 is 22.7 Å². The molecule has 212 valence electrons. The van der Waals surface area contributed by atoms with E-state index < -0.39 is 22.5 Å². The fourth-order valence-electron chi connectivity index (χ4n) is 3.89. The molecule has 8 nitrogen and oxygen atoms in total. The summed E-state index contributed by atoms with van der Waals surface area (Å²) in [6.07, 6.45) is 1.44. The molecule has 0 aliphatic rings. The van der Waals surface area contributed by atoms with Crippen molar-refractivity contribution in [3.63, 3.8) is 0 Å². The molecule has 0 unspecified atom stereocenters. The number of nitrogens with one attached hydrogen (secondary N) is 1. The number of nitrogens with zero attached hydrogens (tertiary/aromatic N) is 2. The zero-order chi connectivity index (χ0) is 29.4. The largest absolute Gasteiger partial charge is 0.493 e. The summed E-state index contributed by atoms with van der Waals surface area (Å²) in [6.45, 7) is 3.70. The van der Waals surface area contributed by atoms with Crippen LogP contribution >= 0.6 is 11.6 Å². The Morgan fingerprint density at radius 2 is 1.66 bits per heavy atom. The Morgan fingerprint density at radius 1 is 0.927 bits per heavy atom. The Kier molecular flexibility index (Phi) is 9.65. The van der Waals surface area contributed by atoms with Gasteiger partial charge in [-0.3, -0.25) is 9.10 Å². The quantitative estimate of drug-likeness (QED) is 0.173. The summed E-state index contributed by atoms with van der Waals surface area (Å²) < 4.78 is 39.5. The number of benzene rings is 4. The first-order chi connectivity index (χ1) is 19.7. The lowest BCUT2D eigenvalue weighted by Crippen LogP contribution is -2.39. The molecule has 0 aliphatic heterocycles. The van der Waals surface area contributed by atoms with E-state index in [2.05, 4.69) is 10.5 Å². The number of methoxy groups -OCH3 is 1. The topological polar surface area (TPSA) is 97.3 Å². The number of hydrazone groups is 1. The normalized spacial score (nSPS) is 11.3. The molecule has 0 bridgehead atoms. The van der Waals surface area contributed by atoms with E-state index in [4.69, 9.17) is 21.1 Å². The van der Waals surface area contributed by atoms with Crippen LogP contribution in [0.2, 0.25) is 5.02 Å². The summed E-state index contributed by atoms with van der Waals surface area (Å²) in [5.41, 5.74) is 6.34. The van der Waals surface area contributed by atoms with Crippen LogP contribution in [0.25, 0.3) is 0 Å². The Bertz CT molecular complexity index is 1640. The molecule has 4 aromatic carbocycles. The van der Waals surface area contributed by atoms with E-state index in [1.165, 1.54) is 37.6 Å². The van der Waals surface area contributed by atoms with Crippen LogP contribution in [-0.4, -0.2) is 34.2 Å². The van der Waals surface area contributed by atoms with Crippen molar-refractivity contribution in [2.24, 2.45) is 5.10 Å². The molecule has 0 saturated heterocycles. The minimum atomic E-state index is -4.08. The number of aryl methyl sites for hydroxylation is 2. The lowest BCUT2D eigenvalue weighted by Gasteiger charge is -2.24. The van der Waals surface area contributed by atoms with Crippen LogP contribution in [0.4, 0.5) is 5.69 Å². The summed E-state index contributed by atoms with van der Waals surface area (Å²) in [6, 6.07) is 26.0. The number of hydrogen-bond donors (Lipinski definition) is 1. The van der Waals surface area contributed by atoms with Crippen LogP contribution in [0, 0.1) is 13.8 Å². The number of sulfonamides is 1. The fourth-order valence-corrected chi connectivity index (χ4v) is 5.43. The van der Waals surface area contributed by atoms with Crippen molar-refractivity contribution >= 4 is 39.4 Å². The standard InChI is InChI=1S/C31H30ClN3O5S/c1-22-9-13-27(17-23(22)2)35(41(37,38)28-14-11-26(32)12-15-28)20-31(36)34-33-19-25-10-16-29(30(18-25)39-3)40-21-24-7-5-4-6-8-24/h4-19H,20-21H2,1-3H3,(H,34,36)/b33-19-. The van der Waals surface area contributed by atoms with Crippen LogP contribution < -0.4 is 19.2 Å². The highest BCUT2D eigenvalue weighted by atomic mass is 35.5. The van der Waals surface area contributed by atoms with Gasteiger partial charge in [-0.05, 0) is 90.7 Å². The SMILES string of the molecule is COc1cc(/C=N\NC(=O)CN(c2ccc(C)c(C)c2)S(=O)(=O)c2ccc(Cl)cc2)ccc1OCc1ccccc1. The maximum absolute atomic E-state index is 13.6. The van der Waals surface area contributed by atoms with Gasteiger partial charge >= 0.3 is 0 Å². The Morgan fingerprint density at radius 3 is 2.34 bits per heavy atom. The average Bonchev–Trinajstić information content (AvgIpc) is 2.97. The molecule has 0 heterocycles. The zero-order valence-electron chi connectivity index (χ0n) is 22.9. The number of halogens is 1. The Labute approximate surface area is 245 Å². The van der Waals surface area contributed by atoms with Crippen molar-refractivity contribution in [2.75, 3.05) is 18.0 Å². The molecule has 4 rings (SSSR count). The third-order valence-corrected chi connectivity index (χ3v) is 8.34. The van der Waals surface area contributed by atoms with Gasteiger partial charge in [0.25, 0.3) is 15.9 Å². The van der Waals surface area contributed by atoms with Gasteiger partial charge < -0.3 is 9.47 Å². The van der Waals surface area contributed by atoms with Gasteiger partial charge in [0.05, 0.1) is 23.9 Å². The van der Waals surface area contributed by atoms with Gasteiger partial charge in [-0.25, -0.2) is 13.8 Å². The summed E-state index contributed by atoms with van der Waals surface area (Å²) in [5.74, 6) is 0.451. The van der Waals surface area contributed by atoms with Crippen molar-refractivity contribution in [3.05, 3.63) is 118 Å². The number of carbonyl (C=O) groups is 1. The molecule has 10 heteroatoms. The Balaban J connectivity index is 1.48. The van der Waals surface area contributed by atoms with Gasteiger partial charge in [-0.2, -0.15) is 5.10 Å². The van der Waals surface area contributed by atoms with Crippen molar-refractivity contribution in [1.29, 1.82) is 0 Å². The summed E-state index contributed by atoms with van der Waals surface area (Å²) >= 11 is 5.95. The summed E-state index contributed by atoms with van der Waals surface area (Å²) in [7, 11) is -2.54. The third kappa shape index (κ3) is 7.65. The van der Waals surface area contributed by atoms with E-state index in [1.54, 1.807) is 30.3 Å². The lowest BCUT2D eigenvalue weighted by molar-refractivity contribution is -0.119. The first kappa shape index (κ1) is 29.6. The van der Waals surface area contributed by atoms with Crippen molar-refractivity contribution in [3.8, 4) is 11.5 Å². The molecule has 4 aromatic rings. The molecule has 0 radical (unpaired) electrons. The van der Waals surface area contributed by atoms with E-state index in [0.29, 0.717) is 34.4 Å². The van der Waals surface area contributed by atoms with Gasteiger partial charge in [0.15, 0.2) is 11.5 Å². The van der Waals surface area contributed by atoms with Crippen LogP contribution in [0.1, 0.15) is 22.3 Å². The number of amides is 1. The molecule has 0 aromatic heterocycles. The predicted octanol–water partition coefficient (Wildman–Crippen LogP) is 5.89. The second kappa shape index (κ2) is 13.3. The summed E-state index contributed by atoms with van der Waals surface area (Å²) in [5, 5.41) is 4.43.